The summed E-state index contributed by atoms with van der Waals surface area (Å²) in [5.74, 6) is 0.843. The monoisotopic (exact) mass is 261 g/mol. The number of hydrogen-bond donors (Lipinski definition) is 2. The molecule has 2 N–H and O–H groups in total. The van der Waals surface area contributed by atoms with Crippen LogP contribution in [0.4, 0.5) is 5.95 Å². The summed E-state index contributed by atoms with van der Waals surface area (Å²) in [5, 5.41) is 10.1. The number of rotatable bonds is 5. The summed E-state index contributed by atoms with van der Waals surface area (Å²) in [5.41, 5.74) is 0.750. The molecular weight excluding hydrogens is 242 g/mol. The van der Waals surface area contributed by atoms with Gasteiger partial charge in [0.15, 0.2) is 5.65 Å². The van der Waals surface area contributed by atoms with Crippen LogP contribution >= 0.6 is 0 Å². The van der Waals surface area contributed by atoms with E-state index in [2.05, 4.69) is 34.6 Å². The van der Waals surface area contributed by atoms with Crippen LogP contribution in [-0.4, -0.2) is 33.1 Å². The van der Waals surface area contributed by atoms with E-state index in [1.54, 1.807) is 11.4 Å². The molecule has 0 aliphatic rings. The number of fused-ring (bicyclic) bond motifs is 1. The van der Waals surface area contributed by atoms with Gasteiger partial charge in [-0.2, -0.15) is 4.98 Å². The fourth-order valence-electron chi connectivity index (χ4n) is 1.61. The van der Waals surface area contributed by atoms with Crippen molar-refractivity contribution >= 4 is 17.5 Å². The molecule has 0 aliphatic carbocycles. The van der Waals surface area contributed by atoms with Crippen molar-refractivity contribution in [2.75, 3.05) is 11.9 Å². The highest BCUT2D eigenvalue weighted by molar-refractivity contribution is 5.83. The van der Waals surface area contributed by atoms with Crippen molar-refractivity contribution in [2.45, 2.75) is 26.8 Å². The fraction of sp³-hybridized carbons (Fsp3) is 0.462. The minimum absolute atomic E-state index is 0.0486. The van der Waals surface area contributed by atoms with Gasteiger partial charge in [-0.1, -0.05) is 19.9 Å². The summed E-state index contributed by atoms with van der Waals surface area (Å²) in [7, 11) is 0. The second-order valence-electron chi connectivity index (χ2n) is 4.94. The Labute approximate surface area is 112 Å². The van der Waals surface area contributed by atoms with Gasteiger partial charge in [-0.3, -0.25) is 4.79 Å². The van der Waals surface area contributed by atoms with E-state index >= 15 is 0 Å². The highest BCUT2D eigenvalue weighted by Crippen LogP contribution is 2.05. The Morgan fingerprint density at radius 1 is 1.37 bits per heavy atom. The molecule has 2 rings (SSSR count). The summed E-state index contributed by atoms with van der Waals surface area (Å²) in [6.45, 7) is 6.58. The Kier molecular flexibility index (Phi) is 3.99. The molecule has 0 bridgehead atoms. The van der Waals surface area contributed by atoms with Crippen LogP contribution in [0.1, 0.15) is 20.8 Å². The van der Waals surface area contributed by atoms with E-state index in [4.69, 9.17) is 0 Å². The molecule has 2 aromatic heterocycles. The molecule has 0 fully saturated rings. The third-order valence-electron chi connectivity index (χ3n) is 2.66. The normalized spacial score (nSPS) is 12.6. The van der Waals surface area contributed by atoms with Crippen LogP contribution < -0.4 is 10.6 Å². The maximum absolute atomic E-state index is 11.8. The molecule has 6 nitrogen and oxygen atoms in total. The first kappa shape index (κ1) is 13.3. The van der Waals surface area contributed by atoms with Crippen molar-refractivity contribution in [2.24, 2.45) is 5.92 Å². The van der Waals surface area contributed by atoms with Crippen molar-refractivity contribution < 1.29 is 4.79 Å². The van der Waals surface area contributed by atoms with Gasteiger partial charge in [-0.25, -0.2) is 4.52 Å². The van der Waals surface area contributed by atoms with E-state index < -0.39 is 0 Å². The molecule has 0 spiro atoms. The van der Waals surface area contributed by atoms with Crippen molar-refractivity contribution in [3.63, 3.8) is 0 Å². The molecule has 19 heavy (non-hydrogen) atoms. The van der Waals surface area contributed by atoms with Crippen LogP contribution in [0.15, 0.2) is 24.4 Å². The van der Waals surface area contributed by atoms with E-state index in [1.807, 2.05) is 24.4 Å². The first-order valence-corrected chi connectivity index (χ1v) is 6.42. The van der Waals surface area contributed by atoms with Crippen LogP contribution in [0.25, 0.3) is 5.65 Å². The second-order valence-corrected chi connectivity index (χ2v) is 4.94. The zero-order valence-electron chi connectivity index (χ0n) is 11.4. The zero-order valence-corrected chi connectivity index (χ0v) is 11.4. The van der Waals surface area contributed by atoms with Gasteiger partial charge in [0.25, 0.3) is 0 Å². The minimum Gasteiger partial charge on any atom is -0.354 e. The maximum atomic E-state index is 11.8. The van der Waals surface area contributed by atoms with Gasteiger partial charge in [0.2, 0.25) is 11.9 Å². The van der Waals surface area contributed by atoms with Crippen molar-refractivity contribution in [1.29, 1.82) is 0 Å². The summed E-state index contributed by atoms with van der Waals surface area (Å²) in [6, 6.07) is 5.27. The molecule has 0 radical (unpaired) electrons. The van der Waals surface area contributed by atoms with Crippen LogP contribution in [0, 0.1) is 5.92 Å². The summed E-state index contributed by atoms with van der Waals surface area (Å²) in [6.07, 6.45) is 1.82. The number of pyridine rings is 1. The van der Waals surface area contributed by atoms with Crippen molar-refractivity contribution in [3.05, 3.63) is 24.4 Å². The summed E-state index contributed by atoms with van der Waals surface area (Å²) >= 11 is 0. The number of hydrogen-bond acceptors (Lipinski definition) is 4. The summed E-state index contributed by atoms with van der Waals surface area (Å²) < 4.78 is 1.67. The Bertz CT molecular complexity index is 530. The maximum Gasteiger partial charge on any atom is 0.243 e. The SMILES string of the molecule is CC(C)CNC(=O)C(C)Nc1nc2ccccn2n1. The number of aromatic nitrogens is 3. The predicted molar refractivity (Wildman–Crippen MR) is 73.9 cm³/mol. The lowest BCUT2D eigenvalue weighted by Gasteiger charge is -2.13. The lowest BCUT2D eigenvalue weighted by Crippen LogP contribution is -2.39. The molecule has 102 valence electrons. The molecule has 2 aromatic rings. The van der Waals surface area contributed by atoms with E-state index in [9.17, 15) is 4.79 Å². The average molecular weight is 261 g/mol. The van der Waals surface area contributed by atoms with Crippen molar-refractivity contribution in [3.8, 4) is 0 Å². The van der Waals surface area contributed by atoms with Gasteiger partial charge in [0.05, 0.1) is 0 Å². The zero-order chi connectivity index (χ0) is 13.8. The van der Waals surface area contributed by atoms with E-state index in [0.717, 1.165) is 5.65 Å². The van der Waals surface area contributed by atoms with Crippen LogP contribution in [-0.2, 0) is 4.79 Å². The summed E-state index contributed by atoms with van der Waals surface area (Å²) in [4.78, 5) is 16.1. The lowest BCUT2D eigenvalue weighted by atomic mass is 10.2. The Morgan fingerprint density at radius 2 is 2.16 bits per heavy atom. The molecule has 0 aliphatic heterocycles. The Balaban J connectivity index is 1.98. The molecule has 0 saturated carbocycles. The largest absolute Gasteiger partial charge is 0.354 e. The molecule has 1 atom stereocenters. The standard InChI is InChI=1S/C13H19N5O/c1-9(2)8-14-12(19)10(3)15-13-16-11-6-4-5-7-18(11)17-13/h4-7,9-10H,8H2,1-3H3,(H,14,19)(H,15,17). The van der Waals surface area contributed by atoms with Gasteiger partial charge < -0.3 is 10.6 Å². The third kappa shape index (κ3) is 3.43. The molecule has 1 amide bonds. The molecule has 1 unspecified atom stereocenters. The Hall–Kier alpha value is -2.11. The van der Waals surface area contributed by atoms with E-state index in [1.165, 1.54) is 0 Å². The molecule has 6 heteroatoms. The first-order chi connectivity index (χ1) is 9.06. The lowest BCUT2D eigenvalue weighted by molar-refractivity contribution is -0.121. The number of nitrogens with zero attached hydrogens (tertiary/aromatic N) is 3. The minimum atomic E-state index is -0.365. The van der Waals surface area contributed by atoms with E-state index in [0.29, 0.717) is 18.4 Å². The third-order valence-corrected chi connectivity index (χ3v) is 2.66. The van der Waals surface area contributed by atoms with Crippen molar-refractivity contribution in [1.82, 2.24) is 19.9 Å². The van der Waals surface area contributed by atoms with Gasteiger partial charge in [0.1, 0.15) is 6.04 Å². The highest BCUT2D eigenvalue weighted by atomic mass is 16.2. The van der Waals surface area contributed by atoms with Crippen LogP contribution in [0.3, 0.4) is 0 Å². The topological polar surface area (TPSA) is 71.3 Å². The molecule has 0 saturated heterocycles. The number of anilines is 1. The molecule has 2 heterocycles. The van der Waals surface area contributed by atoms with Gasteiger partial charge in [-0.05, 0) is 25.0 Å². The smallest absolute Gasteiger partial charge is 0.243 e. The van der Waals surface area contributed by atoms with Gasteiger partial charge in [-0.15, -0.1) is 5.10 Å². The first-order valence-electron chi connectivity index (χ1n) is 6.42. The quantitative estimate of drug-likeness (QED) is 0.851. The number of nitrogens with one attached hydrogen (secondary N) is 2. The van der Waals surface area contributed by atoms with Gasteiger partial charge >= 0.3 is 0 Å². The van der Waals surface area contributed by atoms with Gasteiger partial charge in [0, 0.05) is 12.7 Å². The molecule has 0 aromatic carbocycles. The van der Waals surface area contributed by atoms with Crippen LogP contribution in [0.2, 0.25) is 0 Å². The number of carbonyl (C=O) groups excluding carboxylic acids is 1. The molecular formula is C13H19N5O. The van der Waals surface area contributed by atoms with E-state index in [-0.39, 0.29) is 11.9 Å². The fourth-order valence-corrected chi connectivity index (χ4v) is 1.61. The Morgan fingerprint density at radius 3 is 2.84 bits per heavy atom. The number of amides is 1. The second kappa shape index (κ2) is 5.69. The average Bonchev–Trinajstić information content (AvgIpc) is 2.77. The van der Waals surface area contributed by atoms with Crippen LogP contribution in [0.5, 0.6) is 0 Å². The highest BCUT2D eigenvalue weighted by Gasteiger charge is 2.14. The number of carbonyl (C=O) groups is 1. The predicted octanol–water partition coefficient (Wildman–Crippen LogP) is 1.30.